The minimum atomic E-state index is -1.58. The summed E-state index contributed by atoms with van der Waals surface area (Å²) in [6, 6.07) is -7.75. The maximum Gasteiger partial charge on any atom is 0.326 e. The van der Waals surface area contributed by atoms with Gasteiger partial charge in [0, 0.05) is 39.0 Å². The first-order valence-electron chi connectivity index (χ1n) is 19.7. The molecule has 0 unspecified atom stereocenters. The molecule has 3 rings (SSSR count). The average molecular weight is 869 g/mol. The molecule has 340 valence electrons. The molecule has 3 heterocycles. The lowest BCUT2D eigenvalue weighted by Gasteiger charge is -2.30. The quantitative estimate of drug-likeness (QED) is 0.0273. The van der Waals surface area contributed by atoms with Crippen molar-refractivity contribution in [3.05, 3.63) is 0 Å². The van der Waals surface area contributed by atoms with E-state index in [0.29, 0.717) is 19.3 Å². The van der Waals surface area contributed by atoms with Crippen LogP contribution in [-0.2, 0) is 47.9 Å². The van der Waals surface area contributed by atoms with Crippen LogP contribution in [0.1, 0.15) is 57.8 Å². The molecule has 0 aromatic carbocycles. The van der Waals surface area contributed by atoms with Crippen LogP contribution in [0.15, 0.2) is 4.99 Å². The summed E-state index contributed by atoms with van der Waals surface area (Å²) < 4.78 is 0. The number of carbonyl (C=O) groups excluding carboxylic acids is 8. The minimum absolute atomic E-state index is 0.0138. The number of carboxylic acids is 2. The molecule has 8 amide bonds. The van der Waals surface area contributed by atoms with Gasteiger partial charge in [-0.15, -0.1) is 0 Å². The van der Waals surface area contributed by atoms with Gasteiger partial charge in [-0.25, -0.2) is 4.79 Å². The van der Waals surface area contributed by atoms with Crippen molar-refractivity contribution in [3.8, 4) is 0 Å². The van der Waals surface area contributed by atoms with Gasteiger partial charge in [0.05, 0.1) is 32.3 Å². The van der Waals surface area contributed by atoms with Crippen LogP contribution in [0.5, 0.6) is 0 Å². The van der Waals surface area contributed by atoms with Crippen molar-refractivity contribution >= 4 is 65.2 Å². The number of hydrogen-bond donors (Lipinski definition) is 12. The molecule has 3 fully saturated rings. The highest BCUT2D eigenvalue weighted by atomic mass is 16.4. The largest absolute Gasteiger partial charge is 0.481 e. The molecule has 3 aliphatic heterocycles. The molecule has 0 aromatic heterocycles. The fraction of sp³-hybridized carbons (Fsp3) is 0.686. The smallest absolute Gasteiger partial charge is 0.326 e. The van der Waals surface area contributed by atoms with Gasteiger partial charge in [0.15, 0.2) is 5.96 Å². The van der Waals surface area contributed by atoms with E-state index in [1.165, 1.54) is 9.80 Å². The summed E-state index contributed by atoms with van der Waals surface area (Å²) in [7, 11) is 0. The highest BCUT2D eigenvalue weighted by Crippen LogP contribution is 2.25. The summed E-state index contributed by atoms with van der Waals surface area (Å²) in [5, 5.41) is 50.3. The third-order valence-electron chi connectivity index (χ3n) is 10.3. The zero-order valence-electron chi connectivity index (χ0n) is 33.5. The summed E-state index contributed by atoms with van der Waals surface area (Å²) in [4.78, 5) is 135. The van der Waals surface area contributed by atoms with Gasteiger partial charge in [0.1, 0.15) is 36.3 Å². The van der Waals surface area contributed by atoms with Crippen LogP contribution >= 0.6 is 0 Å². The maximum absolute atomic E-state index is 13.5. The van der Waals surface area contributed by atoms with Gasteiger partial charge in [-0.1, -0.05) is 0 Å². The van der Waals surface area contributed by atoms with E-state index in [4.69, 9.17) is 17.2 Å². The van der Waals surface area contributed by atoms with Gasteiger partial charge >= 0.3 is 11.9 Å². The molecule has 0 saturated carbocycles. The minimum Gasteiger partial charge on any atom is -0.481 e. The number of nitrogens with one attached hydrogen (secondary N) is 5. The van der Waals surface area contributed by atoms with Crippen molar-refractivity contribution in [1.29, 1.82) is 0 Å². The van der Waals surface area contributed by atoms with Gasteiger partial charge < -0.3 is 78.9 Å². The number of guanidine groups is 1. The summed E-state index contributed by atoms with van der Waals surface area (Å²) in [5.41, 5.74) is 16.2. The number of hydrogen-bond acceptors (Lipinski definition) is 14. The number of amides is 8. The number of rotatable bonds is 22. The summed E-state index contributed by atoms with van der Waals surface area (Å²) >= 11 is 0. The van der Waals surface area contributed by atoms with Gasteiger partial charge in [0.2, 0.25) is 47.3 Å². The molecule has 61 heavy (non-hydrogen) atoms. The fourth-order valence-corrected chi connectivity index (χ4v) is 7.23. The number of nitrogens with zero attached hydrogens (tertiary/aromatic N) is 4. The molecular formula is C35H56N12O14. The standard InChI is InChI=1S/C35H56N12O14/c36-13-26(51)45-10-2-5-22(45)32(58)44-21(17-48)30(56)40-14-25(50)42-20(7-8-28(53)54)31(57)43-19(4-1-9-39-35(37)38)29(55)41-15-27(52)46-11-3-6-23(46)33(59)47-16-18(49)12-24(47)34(60)61/h18-24,48-49H,1-17,36H2,(H,40,56)(H,41,55)(H,42,50)(H,43,57)(H,44,58)(H,53,54)(H,60,61)(H4,37,38,39)/t18-,19+,20+,21+,22+,23+,24+/m1/s1. The van der Waals surface area contributed by atoms with Gasteiger partial charge in [-0.3, -0.25) is 48.1 Å². The molecule has 0 radical (unpaired) electrons. The number of likely N-dealkylation sites (tertiary alicyclic amines) is 3. The average Bonchev–Trinajstić information content (AvgIpc) is 4.00. The summed E-state index contributed by atoms with van der Waals surface area (Å²) in [6.45, 7) is -2.48. The third kappa shape index (κ3) is 14.5. The molecule has 0 aliphatic carbocycles. The molecule has 0 spiro atoms. The van der Waals surface area contributed by atoms with Crippen molar-refractivity contribution in [2.24, 2.45) is 22.2 Å². The number of β-amino-alcohol motifs (C(OH)–C–C–N with tert-alkyl or cyclic N) is 1. The lowest BCUT2D eigenvalue weighted by atomic mass is 10.1. The van der Waals surface area contributed by atoms with Crippen LogP contribution in [0.25, 0.3) is 0 Å². The summed E-state index contributed by atoms with van der Waals surface area (Å²) in [6.07, 6.45) is -0.910. The van der Waals surface area contributed by atoms with E-state index >= 15 is 0 Å². The van der Waals surface area contributed by atoms with E-state index in [0.717, 1.165) is 4.90 Å². The highest BCUT2D eigenvalue weighted by Gasteiger charge is 2.45. The molecule has 7 atom stereocenters. The first kappa shape index (κ1) is 49.2. The first-order chi connectivity index (χ1) is 28.9. The normalized spacial score (nSPS) is 21.1. The molecule has 26 heteroatoms. The van der Waals surface area contributed by atoms with Crippen molar-refractivity contribution in [1.82, 2.24) is 41.3 Å². The molecule has 3 aliphatic rings. The Kier molecular flexibility index (Phi) is 19.0. The topological polar surface area (TPSA) is 412 Å². The second-order valence-electron chi connectivity index (χ2n) is 14.7. The van der Waals surface area contributed by atoms with Crippen LogP contribution in [0.3, 0.4) is 0 Å². The Balaban J connectivity index is 1.64. The summed E-state index contributed by atoms with van der Waals surface area (Å²) in [5.74, 6) is -9.34. The van der Waals surface area contributed by atoms with Gasteiger partial charge in [0.25, 0.3) is 0 Å². The monoisotopic (exact) mass is 868 g/mol. The van der Waals surface area contributed by atoms with E-state index in [2.05, 4.69) is 31.6 Å². The van der Waals surface area contributed by atoms with Crippen molar-refractivity contribution < 1.29 is 68.4 Å². The number of aliphatic hydroxyl groups is 2. The van der Waals surface area contributed by atoms with E-state index in [1.807, 2.05) is 0 Å². The van der Waals surface area contributed by atoms with Crippen LogP contribution in [0.4, 0.5) is 0 Å². The zero-order chi connectivity index (χ0) is 45.4. The van der Waals surface area contributed by atoms with Crippen molar-refractivity contribution in [2.45, 2.75) is 100 Å². The number of carboxylic acid groups (broad SMARTS) is 2. The van der Waals surface area contributed by atoms with Crippen LogP contribution < -0.4 is 43.8 Å². The lowest BCUT2D eigenvalue weighted by Crippen LogP contribution is -2.57. The Morgan fingerprint density at radius 2 is 1.33 bits per heavy atom. The number of carbonyl (C=O) groups is 10. The van der Waals surface area contributed by atoms with E-state index < -0.39 is 134 Å². The maximum atomic E-state index is 13.5. The van der Waals surface area contributed by atoms with Crippen LogP contribution in [0.2, 0.25) is 0 Å². The third-order valence-corrected chi connectivity index (χ3v) is 10.3. The predicted molar refractivity (Wildman–Crippen MR) is 208 cm³/mol. The van der Waals surface area contributed by atoms with Crippen molar-refractivity contribution in [2.75, 3.05) is 52.4 Å². The van der Waals surface area contributed by atoms with Crippen LogP contribution in [-0.4, -0.2) is 195 Å². The Hall–Kier alpha value is -6.15. The SMILES string of the molecule is NCC(=O)N1CCC[C@H]1C(=O)N[C@@H](CO)C(=O)NCC(=O)N[C@@H](CCC(=O)O)C(=O)N[C@@H](CCCN=C(N)N)C(=O)NCC(=O)N1CCC[C@H]1C(=O)N1C[C@H](O)C[C@H]1C(=O)O. The Morgan fingerprint density at radius 1 is 0.721 bits per heavy atom. The fourth-order valence-electron chi connectivity index (χ4n) is 7.23. The molecule has 3 saturated heterocycles. The number of aliphatic carboxylic acids is 2. The number of nitrogens with two attached hydrogens (primary N) is 3. The van der Waals surface area contributed by atoms with Gasteiger partial charge in [-0.2, -0.15) is 0 Å². The highest BCUT2D eigenvalue weighted by molar-refractivity contribution is 5.97. The number of aliphatic imine (C=N–C) groups is 1. The predicted octanol–water partition coefficient (Wildman–Crippen LogP) is -7.43. The Bertz CT molecular complexity index is 1690. The van der Waals surface area contributed by atoms with Crippen LogP contribution in [0, 0.1) is 0 Å². The molecular weight excluding hydrogens is 812 g/mol. The second-order valence-corrected chi connectivity index (χ2v) is 14.7. The lowest BCUT2D eigenvalue weighted by molar-refractivity contribution is -0.151. The van der Waals surface area contributed by atoms with E-state index in [9.17, 15) is 68.4 Å². The Morgan fingerprint density at radius 3 is 1.93 bits per heavy atom. The number of aliphatic hydroxyl groups excluding tert-OH is 2. The Labute approximate surface area is 349 Å². The molecule has 0 aromatic rings. The molecule has 26 nitrogen and oxygen atoms in total. The van der Waals surface area contributed by atoms with E-state index in [1.54, 1.807) is 0 Å². The molecule has 15 N–H and O–H groups in total. The van der Waals surface area contributed by atoms with E-state index in [-0.39, 0.29) is 64.4 Å². The second kappa shape index (κ2) is 23.6. The van der Waals surface area contributed by atoms with Crippen molar-refractivity contribution in [3.63, 3.8) is 0 Å². The molecule has 0 bridgehead atoms. The first-order valence-corrected chi connectivity index (χ1v) is 19.7. The van der Waals surface area contributed by atoms with Gasteiger partial charge in [-0.05, 0) is 44.9 Å². The zero-order valence-corrected chi connectivity index (χ0v) is 33.5.